The molecule has 1 saturated heterocycles. The number of nitrogens with two attached hydrogens (primary N) is 1. The Kier molecular flexibility index (Phi) is 3.24. The van der Waals surface area contributed by atoms with Crippen molar-refractivity contribution in [3.8, 4) is 0 Å². The van der Waals surface area contributed by atoms with E-state index < -0.39 is 6.09 Å². The number of thioether (sulfide) groups is 1. The van der Waals surface area contributed by atoms with Crippen molar-refractivity contribution < 1.29 is 9.90 Å². The number of carbonyl (C=O) groups is 1. The molecule has 0 aliphatic carbocycles. The van der Waals surface area contributed by atoms with Crippen LogP contribution >= 0.6 is 23.1 Å². The Morgan fingerprint density at radius 3 is 3.16 bits per heavy atom. The van der Waals surface area contributed by atoms with Gasteiger partial charge >= 0.3 is 6.09 Å². The quantitative estimate of drug-likeness (QED) is 0.890. The van der Waals surface area contributed by atoms with E-state index in [1.54, 1.807) is 11.8 Å². The van der Waals surface area contributed by atoms with Gasteiger partial charge in [0.15, 0.2) is 5.13 Å². The minimum Gasteiger partial charge on any atom is -0.465 e. The lowest BCUT2D eigenvalue weighted by molar-refractivity contribution is 0.156. The van der Waals surface area contributed by atoms with Crippen molar-refractivity contribution in [3.63, 3.8) is 0 Å². The van der Waals surface area contributed by atoms with Gasteiger partial charge in [-0.15, -0.1) is 11.8 Å². The van der Waals surface area contributed by atoms with E-state index in [0.29, 0.717) is 23.5 Å². The Labute approximate surface area is 118 Å². The second-order valence-electron chi connectivity index (χ2n) is 4.44. The van der Waals surface area contributed by atoms with Crippen LogP contribution in [0.4, 0.5) is 9.93 Å². The van der Waals surface area contributed by atoms with Crippen LogP contribution in [0.1, 0.15) is 6.42 Å². The topological polar surface area (TPSA) is 79.5 Å². The maximum Gasteiger partial charge on any atom is 0.407 e. The molecule has 1 unspecified atom stereocenters. The zero-order valence-corrected chi connectivity index (χ0v) is 11.7. The number of benzene rings is 1. The number of nitrogen functional groups attached to an aromatic ring is 1. The average Bonchev–Trinajstić information content (AvgIpc) is 2.94. The average molecular weight is 295 g/mol. The Morgan fingerprint density at radius 2 is 2.42 bits per heavy atom. The third-order valence-electron chi connectivity index (χ3n) is 3.09. The standard InChI is InChI=1S/C12H13N3O2S2/c13-11-14-9-2-1-7(5-10(9)19-11)18-8-3-4-15(6-8)12(16)17/h1-2,5,8H,3-4,6H2,(H2,13,14)(H,16,17). The molecule has 2 aromatic rings. The fourth-order valence-corrected chi connectivity index (χ4v) is 4.23. The number of carboxylic acid groups (broad SMARTS) is 1. The van der Waals surface area contributed by atoms with E-state index in [0.717, 1.165) is 21.5 Å². The summed E-state index contributed by atoms with van der Waals surface area (Å²) in [5.74, 6) is 0. The fourth-order valence-electron chi connectivity index (χ4n) is 2.19. The zero-order valence-electron chi connectivity index (χ0n) is 10.1. The molecule has 0 spiro atoms. The molecule has 100 valence electrons. The molecular formula is C12H13N3O2S2. The summed E-state index contributed by atoms with van der Waals surface area (Å²) in [7, 11) is 0. The number of rotatable bonds is 2. The molecule has 5 nitrogen and oxygen atoms in total. The predicted molar refractivity (Wildman–Crippen MR) is 77.9 cm³/mol. The van der Waals surface area contributed by atoms with Gasteiger partial charge in [-0.2, -0.15) is 0 Å². The maximum atomic E-state index is 10.9. The van der Waals surface area contributed by atoms with E-state index in [1.165, 1.54) is 16.2 Å². The highest BCUT2D eigenvalue weighted by molar-refractivity contribution is 8.00. The monoisotopic (exact) mass is 295 g/mol. The molecule has 1 aliphatic rings. The van der Waals surface area contributed by atoms with Crippen molar-refractivity contribution in [2.75, 3.05) is 18.8 Å². The first-order chi connectivity index (χ1) is 9.11. The minimum atomic E-state index is -0.825. The van der Waals surface area contributed by atoms with Crippen molar-refractivity contribution in [2.24, 2.45) is 0 Å². The Balaban J connectivity index is 1.73. The van der Waals surface area contributed by atoms with Crippen molar-refractivity contribution in [3.05, 3.63) is 18.2 Å². The summed E-state index contributed by atoms with van der Waals surface area (Å²) < 4.78 is 1.08. The Bertz CT molecular complexity index is 628. The second kappa shape index (κ2) is 4.90. The number of hydrogen-bond donors (Lipinski definition) is 2. The van der Waals surface area contributed by atoms with Crippen LogP contribution in [-0.2, 0) is 0 Å². The molecule has 0 saturated carbocycles. The molecule has 1 amide bonds. The lowest BCUT2D eigenvalue weighted by Gasteiger charge is -2.11. The van der Waals surface area contributed by atoms with Crippen molar-refractivity contribution in [1.82, 2.24) is 9.88 Å². The third-order valence-corrected chi connectivity index (χ3v) is 5.19. The molecule has 1 aromatic heterocycles. The molecule has 1 aliphatic heterocycles. The number of fused-ring (bicyclic) bond motifs is 1. The Morgan fingerprint density at radius 1 is 1.58 bits per heavy atom. The second-order valence-corrected chi connectivity index (χ2v) is 6.87. The highest BCUT2D eigenvalue weighted by atomic mass is 32.2. The van der Waals surface area contributed by atoms with Gasteiger partial charge in [-0.25, -0.2) is 9.78 Å². The summed E-state index contributed by atoms with van der Waals surface area (Å²) in [6.07, 6.45) is 0.0774. The van der Waals surface area contributed by atoms with Crippen LogP contribution < -0.4 is 5.73 Å². The highest BCUT2D eigenvalue weighted by Gasteiger charge is 2.26. The summed E-state index contributed by atoms with van der Waals surface area (Å²) in [6, 6.07) is 6.07. The van der Waals surface area contributed by atoms with E-state index in [2.05, 4.69) is 11.1 Å². The number of anilines is 1. The van der Waals surface area contributed by atoms with E-state index in [1.807, 2.05) is 12.1 Å². The number of nitrogens with zero attached hydrogens (tertiary/aromatic N) is 2. The van der Waals surface area contributed by atoms with E-state index in [4.69, 9.17) is 10.8 Å². The minimum absolute atomic E-state index is 0.332. The Hall–Kier alpha value is -1.47. The van der Waals surface area contributed by atoms with Gasteiger partial charge in [-0.3, -0.25) is 0 Å². The summed E-state index contributed by atoms with van der Waals surface area (Å²) >= 11 is 3.21. The summed E-state index contributed by atoms with van der Waals surface area (Å²) in [5, 5.41) is 9.85. The van der Waals surface area contributed by atoms with Crippen LogP contribution in [0.3, 0.4) is 0 Å². The van der Waals surface area contributed by atoms with Gasteiger partial charge in [0.25, 0.3) is 0 Å². The molecule has 1 aromatic carbocycles. The van der Waals surface area contributed by atoms with Gasteiger partial charge in [0.1, 0.15) is 0 Å². The third kappa shape index (κ3) is 2.62. The van der Waals surface area contributed by atoms with Gasteiger partial charge in [0.05, 0.1) is 10.2 Å². The molecule has 0 radical (unpaired) electrons. The van der Waals surface area contributed by atoms with E-state index >= 15 is 0 Å². The first-order valence-corrected chi connectivity index (χ1v) is 7.62. The fraction of sp³-hybridized carbons (Fsp3) is 0.333. The van der Waals surface area contributed by atoms with Crippen LogP contribution in [0, 0.1) is 0 Å². The molecule has 19 heavy (non-hydrogen) atoms. The number of amides is 1. The number of thiazole rings is 1. The van der Waals surface area contributed by atoms with Crippen LogP contribution in [0.5, 0.6) is 0 Å². The number of hydrogen-bond acceptors (Lipinski definition) is 5. The normalized spacial score (nSPS) is 19.2. The zero-order chi connectivity index (χ0) is 13.4. The van der Waals surface area contributed by atoms with Gasteiger partial charge in [0.2, 0.25) is 0 Å². The van der Waals surface area contributed by atoms with Crippen molar-refractivity contribution >= 4 is 44.5 Å². The molecule has 3 rings (SSSR count). The van der Waals surface area contributed by atoms with Gasteiger partial charge < -0.3 is 15.7 Å². The van der Waals surface area contributed by atoms with Crippen LogP contribution in [0.2, 0.25) is 0 Å². The molecule has 0 bridgehead atoms. The van der Waals surface area contributed by atoms with Gasteiger partial charge in [-0.05, 0) is 24.6 Å². The van der Waals surface area contributed by atoms with E-state index in [-0.39, 0.29) is 0 Å². The number of aromatic nitrogens is 1. The van der Waals surface area contributed by atoms with Crippen molar-refractivity contribution in [2.45, 2.75) is 16.6 Å². The first kappa shape index (κ1) is 12.6. The molecule has 2 heterocycles. The lowest BCUT2D eigenvalue weighted by atomic mass is 10.3. The SMILES string of the molecule is Nc1nc2ccc(SC3CCN(C(=O)O)C3)cc2s1. The largest absolute Gasteiger partial charge is 0.465 e. The summed E-state index contributed by atoms with van der Waals surface area (Å²) in [6.45, 7) is 1.23. The molecule has 1 atom stereocenters. The maximum absolute atomic E-state index is 10.9. The van der Waals surface area contributed by atoms with Crippen molar-refractivity contribution in [1.29, 1.82) is 0 Å². The van der Waals surface area contributed by atoms with E-state index in [9.17, 15) is 4.79 Å². The smallest absolute Gasteiger partial charge is 0.407 e. The summed E-state index contributed by atoms with van der Waals surface area (Å²) in [5.41, 5.74) is 6.61. The van der Waals surface area contributed by atoms with Crippen LogP contribution in [0.15, 0.2) is 23.1 Å². The molecular weight excluding hydrogens is 282 g/mol. The lowest BCUT2D eigenvalue weighted by Crippen LogP contribution is -2.26. The van der Waals surface area contributed by atoms with Crippen LogP contribution in [-0.4, -0.2) is 39.4 Å². The molecule has 3 N–H and O–H groups in total. The molecule has 7 heteroatoms. The predicted octanol–water partition coefficient (Wildman–Crippen LogP) is 2.72. The van der Waals surface area contributed by atoms with Gasteiger partial charge in [0, 0.05) is 23.2 Å². The first-order valence-electron chi connectivity index (χ1n) is 5.92. The molecule has 1 fully saturated rings. The highest BCUT2D eigenvalue weighted by Crippen LogP contribution is 2.33. The summed E-state index contributed by atoms with van der Waals surface area (Å²) in [4.78, 5) is 17.7. The van der Waals surface area contributed by atoms with Crippen LogP contribution in [0.25, 0.3) is 10.2 Å². The number of likely N-dealkylation sites (tertiary alicyclic amines) is 1. The van der Waals surface area contributed by atoms with Gasteiger partial charge in [-0.1, -0.05) is 11.3 Å².